The lowest BCUT2D eigenvalue weighted by Gasteiger charge is -2.16. The third-order valence-electron chi connectivity index (χ3n) is 2.62. The van der Waals surface area contributed by atoms with E-state index in [9.17, 15) is 0 Å². The van der Waals surface area contributed by atoms with Gasteiger partial charge in [0.05, 0.1) is 5.69 Å². The van der Waals surface area contributed by atoms with Crippen molar-refractivity contribution in [3.05, 3.63) is 15.6 Å². The molecule has 19 heavy (non-hydrogen) atoms. The minimum Gasteiger partial charge on any atom is -0.310 e. The third-order valence-corrected chi connectivity index (χ3v) is 5.16. The Hall–Kier alpha value is -0.0600. The van der Waals surface area contributed by atoms with Crippen molar-refractivity contribution in [3.63, 3.8) is 0 Å². The fourth-order valence-electron chi connectivity index (χ4n) is 1.63. The summed E-state index contributed by atoms with van der Waals surface area (Å²) in [6, 6.07) is 0.523. The Kier molecular flexibility index (Phi) is 6.34. The standard InChI is InChI=1S/C15H28N2S2/c1-10(2)14-12(8-16-11(3)4)19-13(17-14)9-18-15(5,6)7/h10-11,16H,8-9H2,1-7H3. The molecule has 0 atom stereocenters. The molecule has 1 heterocycles. The normalized spacial score (nSPS) is 12.7. The van der Waals surface area contributed by atoms with Gasteiger partial charge in [-0.15, -0.1) is 23.1 Å². The lowest BCUT2D eigenvalue weighted by molar-refractivity contribution is 0.588. The molecular formula is C15H28N2S2. The predicted octanol–water partition coefficient (Wildman–Crippen LogP) is 4.80. The number of hydrogen-bond acceptors (Lipinski definition) is 4. The highest BCUT2D eigenvalue weighted by Gasteiger charge is 2.17. The second-order valence-electron chi connectivity index (χ2n) is 6.51. The molecule has 0 aliphatic carbocycles. The lowest BCUT2D eigenvalue weighted by Crippen LogP contribution is -2.22. The SMILES string of the molecule is CC(C)NCc1sc(CSC(C)(C)C)nc1C(C)C. The van der Waals surface area contributed by atoms with Crippen molar-refractivity contribution >= 4 is 23.1 Å². The van der Waals surface area contributed by atoms with Crippen LogP contribution >= 0.6 is 23.1 Å². The van der Waals surface area contributed by atoms with E-state index in [0.717, 1.165) is 12.3 Å². The average molecular weight is 301 g/mol. The van der Waals surface area contributed by atoms with Crippen LogP contribution in [0.15, 0.2) is 0 Å². The first kappa shape index (κ1) is 17.0. The minimum absolute atomic E-state index is 0.306. The van der Waals surface area contributed by atoms with Crippen LogP contribution < -0.4 is 5.32 Å². The maximum absolute atomic E-state index is 4.85. The summed E-state index contributed by atoms with van der Waals surface area (Å²) in [5.41, 5.74) is 1.28. The number of thioether (sulfide) groups is 1. The van der Waals surface area contributed by atoms with E-state index < -0.39 is 0 Å². The van der Waals surface area contributed by atoms with Crippen LogP contribution in [0.25, 0.3) is 0 Å². The summed E-state index contributed by atoms with van der Waals surface area (Å²) in [6.45, 7) is 16.6. The van der Waals surface area contributed by atoms with E-state index in [1.807, 2.05) is 23.1 Å². The van der Waals surface area contributed by atoms with Gasteiger partial charge in [0, 0.05) is 28.0 Å². The van der Waals surface area contributed by atoms with Gasteiger partial charge in [-0.3, -0.25) is 0 Å². The number of rotatable bonds is 6. The largest absolute Gasteiger partial charge is 0.310 e. The van der Waals surface area contributed by atoms with Gasteiger partial charge >= 0.3 is 0 Å². The molecule has 0 saturated heterocycles. The average Bonchev–Trinajstić information content (AvgIpc) is 2.66. The van der Waals surface area contributed by atoms with E-state index in [4.69, 9.17) is 4.98 Å². The number of nitrogens with one attached hydrogen (secondary N) is 1. The molecule has 0 bridgehead atoms. The zero-order valence-electron chi connectivity index (χ0n) is 13.3. The van der Waals surface area contributed by atoms with Crippen LogP contribution in [-0.2, 0) is 12.3 Å². The summed E-state index contributed by atoms with van der Waals surface area (Å²) in [7, 11) is 0. The molecule has 0 radical (unpaired) electrons. The maximum Gasteiger partial charge on any atom is 0.103 e. The smallest absolute Gasteiger partial charge is 0.103 e. The van der Waals surface area contributed by atoms with Crippen LogP contribution in [0.4, 0.5) is 0 Å². The number of nitrogens with zero attached hydrogens (tertiary/aromatic N) is 1. The Bertz CT molecular complexity index is 389. The van der Waals surface area contributed by atoms with Crippen LogP contribution in [0, 0.1) is 0 Å². The molecule has 0 spiro atoms. The fraction of sp³-hybridized carbons (Fsp3) is 0.800. The summed E-state index contributed by atoms with van der Waals surface area (Å²) < 4.78 is 0.306. The van der Waals surface area contributed by atoms with E-state index in [0.29, 0.717) is 16.7 Å². The van der Waals surface area contributed by atoms with Crippen molar-refractivity contribution in [1.29, 1.82) is 0 Å². The highest BCUT2D eigenvalue weighted by atomic mass is 32.2. The van der Waals surface area contributed by atoms with Crippen molar-refractivity contribution < 1.29 is 0 Å². The zero-order chi connectivity index (χ0) is 14.6. The second kappa shape index (κ2) is 7.09. The van der Waals surface area contributed by atoms with Crippen LogP contribution in [0.3, 0.4) is 0 Å². The van der Waals surface area contributed by atoms with E-state index in [1.54, 1.807) is 0 Å². The van der Waals surface area contributed by atoms with Gasteiger partial charge in [-0.1, -0.05) is 48.5 Å². The highest BCUT2D eigenvalue weighted by Crippen LogP contribution is 2.32. The molecule has 1 rings (SSSR count). The van der Waals surface area contributed by atoms with Gasteiger partial charge in [0.25, 0.3) is 0 Å². The summed E-state index contributed by atoms with van der Waals surface area (Å²) in [5.74, 6) is 1.53. The van der Waals surface area contributed by atoms with Crippen LogP contribution in [-0.4, -0.2) is 15.8 Å². The molecule has 0 amide bonds. The van der Waals surface area contributed by atoms with Gasteiger partial charge in [0.2, 0.25) is 0 Å². The molecule has 2 nitrogen and oxygen atoms in total. The van der Waals surface area contributed by atoms with Crippen LogP contribution in [0.5, 0.6) is 0 Å². The van der Waals surface area contributed by atoms with Crippen molar-refractivity contribution in [2.45, 2.75) is 77.5 Å². The summed E-state index contributed by atoms with van der Waals surface area (Å²) >= 11 is 3.85. The molecular weight excluding hydrogens is 272 g/mol. The first-order valence-corrected chi connectivity index (χ1v) is 8.85. The van der Waals surface area contributed by atoms with Crippen molar-refractivity contribution in [1.82, 2.24) is 10.3 Å². The van der Waals surface area contributed by atoms with Crippen molar-refractivity contribution in [2.75, 3.05) is 0 Å². The molecule has 110 valence electrons. The predicted molar refractivity (Wildman–Crippen MR) is 89.2 cm³/mol. The number of hydrogen-bond donors (Lipinski definition) is 1. The fourth-order valence-corrected chi connectivity index (χ4v) is 3.63. The van der Waals surface area contributed by atoms with Gasteiger partial charge in [0.1, 0.15) is 5.01 Å². The molecule has 0 aromatic carbocycles. The molecule has 0 saturated carbocycles. The van der Waals surface area contributed by atoms with Gasteiger partial charge in [-0.25, -0.2) is 4.98 Å². The summed E-state index contributed by atoms with van der Waals surface area (Å²) in [5, 5.41) is 4.77. The minimum atomic E-state index is 0.306. The highest BCUT2D eigenvalue weighted by molar-refractivity contribution is 7.99. The first-order valence-electron chi connectivity index (χ1n) is 7.05. The molecule has 0 unspecified atom stereocenters. The van der Waals surface area contributed by atoms with Gasteiger partial charge in [0.15, 0.2) is 0 Å². The van der Waals surface area contributed by atoms with E-state index in [1.165, 1.54) is 15.6 Å². The van der Waals surface area contributed by atoms with Gasteiger partial charge < -0.3 is 5.32 Å². The Balaban J connectivity index is 2.76. The number of aromatic nitrogens is 1. The molecule has 0 aliphatic rings. The molecule has 1 N–H and O–H groups in total. The van der Waals surface area contributed by atoms with E-state index in [-0.39, 0.29) is 0 Å². The van der Waals surface area contributed by atoms with Crippen molar-refractivity contribution in [2.24, 2.45) is 0 Å². The van der Waals surface area contributed by atoms with Crippen LogP contribution in [0.1, 0.15) is 70.0 Å². The quantitative estimate of drug-likeness (QED) is 0.817. The molecule has 1 aromatic heterocycles. The Morgan fingerprint density at radius 1 is 1.21 bits per heavy atom. The maximum atomic E-state index is 4.85. The zero-order valence-corrected chi connectivity index (χ0v) is 15.0. The Morgan fingerprint density at radius 3 is 2.32 bits per heavy atom. The topological polar surface area (TPSA) is 24.9 Å². The van der Waals surface area contributed by atoms with Gasteiger partial charge in [-0.2, -0.15) is 0 Å². The molecule has 4 heteroatoms. The Labute approximate surface area is 126 Å². The van der Waals surface area contributed by atoms with E-state index >= 15 is 0 Å². The molecule has 1 aromatic rings. The van der Waals surface area contributed by atoms with E-state index in [2.05, 4.69) is 53.8 Å². The Morgan fingerprint density at radius 2 is 1.84 bits per heavy atom. The summed E-state index contributed by atoms with van der Waals surface area (Å²) in [4.78, 5) is 6.26. The summed E-state index contributed by atoms with van der Waals surface area (Å²) in [6.07, 6.45) is 0. The molecule has 0 fully saturated rings. The van der Waals surface area contributed by atoms with Crippen molar-refractivity contribution in [3.8, 4) is 0 Å². The third kappa shape index (κ3) is 6.28. The first-order chi connectivity index (χ1) is 8.69. The lowest BCUT2D eigenvalue weighted by atomic mass is 10.1. The second-order valence-corrected chi connectivity index (χ2v) is 9.48. The van der Waals surface area contributed by atoms with Crippen LogP contribution in [0.2, 0.25) is 0 Å². The van der Waals surface area contributed by atoms with Gasteiger partial charge in [-0.05, 0) is 5.92 Å². The molecule has 0 aliphatic heterocycles. The monoisotopic (exact) mass is 300 g/mol. The number of thiazole rings is 1.